The first-order chi connectivity index (χ1) is 13.3. The number of allylic oxidation sites excluding steroid dienone is 1. The van der Waals surface area contributed by atoms with Gasteiger partial charge in [-0.2, -0.15) is 0 Å². The Hall–Kier alpha value is -2.66. The average Bonchev–Trinajstić information content (AvgIpc) is 2.65. The van der Waals surface area contributed by atoms with Gasteiger partial charge in [0.1, 0.15) is 11.5 Å². The van der Waals surface area contributed by atoms with E-state index in [0.717, 1.165) is 34.9 Å². The summed E-state index contributed by atoms with van der Waals surface area (Å²) in [6.45, 7) is 10.5. The minimum absolute atomic E-state index is 0.0476. The number of ketones is 1. The van der Waals surface area contributed by atoms with Crippen molar-refractivity contribution in [2.45, 2.75) is 40.7 Å². The number of benzene rings is 2. The van der Waals surface area contributed by atoms with E-state index < -0.39 is 0 Å². The van der Waals surface area contributed by atoms with Crippen LogP contribution in [0.5, 0.6) is 11.5 Å². The Morgan fingerprint density at radius 2 is 1.71 bits per heavy atom. The molecule has 28 heavy (non-hydrogen) atoms. The number of thiocarbonyl (C=S) groups is 1. The Morgan fingerprint density at radius 1 is 1.07 bits per heavy atom. The maximum Gasteiger partial charge on any atom is 0.173 e. The molecule has 4 nitrogen and oxygen atoms in total. The molecular formula is C23H26N2O2S. The number of aryl methyl sites for hydroxylation is 2. The van der Waals surface area contributed by atoms with Crippen LogP contribution in [-0.2, 0) is 4.79 Å². The van der Waals surface area contributed by atoms with Gasteiger partial charge < -0.3 is 15.0 Å². The molecule has 1 aliphatic heterocycles. The molecule has 1 unspecified atom stereocenters. The number of hydrogen-bond donors (Lipinski definition) is 1. The lowest BCUT2D eigenvalue weighted by Gasteiger charge is -2.37. The SMILES string of the molecule is CCN1C(=S)NC(c2ccc(Oc3ccc(C)c(C)c3)cc2)C(C(C)=O)=C1C. The van der Waals surface area contributed by atoms with E-state index in [1.165, 1.54) is 11.1 Å². The lowest BCUT2D eigenvalue weighted by atomic mass is 9.92. The van der Waals surface area contributed by atoms with E-state index >= 15 is 0 Å². The topological polar surface area (TPSA) is 41.6 Å². The van der Waals surface area contributed by atoms with Crippen LogP contribution in [0.1, 0.15) is 43.5 Å². The Labute approximate surface area is 172 Å². The average molecular weight is 395 g/mol. The zero-order valence-electron chi connectivity index (χ0n) is 17.0. The van der Waals surface area contributed by atoms with Crippen LogP contribution in [0.25, 0.3) is 0 Å². The molecule has 0 amide bonds. The van der Waals surface area contributed by atoms with Gasteiger partial charge in [0.2, 0.25) is 0 Å². The molecule has 1 heterocycles. The number of rotatable bonds is 5. The summed E-state index contributed by atoms with van der Waals surface area (Å²) in [5, 5.41) is 3.96. The van der Waals surface area contributed by atoms with Gasteiger partial charge in [-0.3, -0.25) is 4.79 Å². The molecule has 0 bridgehead atoms. The van der Waals surface area contributed by atoms with Crippen molar-refractivity contribution in [3.05, 3.63) is 70.4 Å². The fourth-order valence-electron chi connectivity index (χ4n) is 3.51. The summed E-state index contributed by atoms with van der Waals surface area (Å²) in [5.74, 6) is 1.61. The molecule has 146 valence electrons. The van der Waals surface area contributed by atoms with Gasteiger partial charge in [0.05, 0.1) is 6.04 Å². The summed E-state index contributed by atoms with van der Waals surface area (Å²) >= 11 is 5.50. The van der Waals surface area contributed by atoms with E-state index in [9.17, 15) is 4.79 Å². The molecule has 5 heteroatoms. The van der Waals surface area contributed by atoms with Crippen LogP contribution in [-0.4, -0.2) is 22.3 Å². The Morgan fingerprint density at radius 3 is 2.29 bits per heavy atom. The molecule has 0 aromatic heterocycles. The maximum absolute atomic E-state index is 12.3. The zero-order chi connectivity index (χ0) is 20.4. The number of nitrogens with one attached hydrogen (secondary N) is 1. The van der Waals surface area contributed by atoms with Crippen molar-refractivity contribution in [1.29, 1.82) is 0 Å². The van der Waals surface area contributed by atoms with Crippen molar-refractivity contribution in [2.75, 3.05) is 6.54 Å². The first kappa shape index (κ1) is 20.1. The third-order valence-electron chi connectivity index (χ3n) is 5.22. The van der Waals surface area contributed by atoms with Crippen molar-refractivity contribution in [2.24, 2.45) is 0 Å². The molecule has 1 atom stereocenters. The molecular weight excluding hydrogens is 368 g/mol. The van der Waals surface area contributed by atoms with Crippen LogP contribution in [0.15, 0.2) is 53.7 Å². The van der Waals surface area contributed by atoms with Crippen LogP contribution in [0.2, 0.25) is 0 Å². The van der Waals surface area contributed by atoms with Crippen LogP contribution < -0.4 is 10.1 Å². The highest BCUT2D eigenvalue weighted by atomic mass is 32.1. The van der Waals surface area contributed by atoms with Crippen molar-refractivity contribution in [3.8, 4) is 11.5 Å². The monoisotopic (exact) mass is 394 g/mol. The molecule has 0 fully saturated rings. The lowest BCUT2D eigenvalue weighted by Crippen LogP contribution is -2.47. The number of ether oxygens (including phenoxy) is 1. The van der Waals surface area contributed by atoms with Crippen molar-refractivity contribution >= 4 is 23.1 Å². The second-order valence-electron chi connectivity index (χ2n) is 7.10. The fraction of sp³-hybridized carbons (Fsp3) is 0.304. The van der Waals surface area contributed by atoms with E-state index in [-0.39, 0.29) is 11.8 Å². The number of carbonyl (C=O) groups is 1. The van der Waals surface area contributed by atoms with Crippen molar-refractivity contribution < 1.29 is 9.53 Å². The largest absolute Gasteiger partial charge is 0.457 e. The molecule has 0 spiro atoms. The number of Topliss-reactive ketones (excluding diaryl/α,β-unsaturated/α-hetero) is 1. The molecule has 1 aliphatic rings. The number of hydrogen-bond acceptors (Lipinski definition) is 3. The minimum Gasteiger partial charge on any atom is -0.457 e. The van der Waals surface area contributed by atoms with E-state index in [1.807, 2.05) is 55.1 Å². The summed E-state index contributed by atoms with van der Waals surface area (Å²) in [6.07, 6.45) is 0. The van der Waals surface area contributed by atoms with Gasteiger partial charge in [-0.1, -0.05) is 18.2 Å². The van der Waals surface area contributed by atoms with Crippen molar-refractivity contribution in [1.82, 2.24) is 10.2 Å². The van der Waals surface area contributed by atoms with Crippen LogP contribution >= 0.6 is 12.2 Å². The first-order valence-corrected chi connectivity index (χ1v) is 9.87. The van der Waals surface area contributed by atoms with Crippen LogP contribution in [0.3, 0.4) is 0 Å². The normalized spacial score (nSPS) is 16.8. The minimum atomic E-state index is -0.247. The van der Waals surface area contributed by atoms with E-state index in [2.05, 4.69) is 25.2 Å². The Bertz CT molecular complexity index is 948. The lowest BCUT2D eigenvalue weighted by molar-refractivity contribution is -0.114. The molecule has 0 aliphatic carbocycles. The molecule has 0 saturated heterocycles. The zero-order valence-corrected chi connectivity index (χ0v) is 17.8. The molecule has 0 saturated carbocycles. The van der Waals surface area contributed by atoms with E-state index in [0.29, 0.717) is 5.11 Å². The highest BCUT2D eigenvalue weighted by Gasteiger charge is 2.31. The summed E-state index contributed by atoms with van der Waals surface area (Å²) in [7, 11) is 0. The highest BCUT2D eigenvalue weighted by molar-refractivity contribution is 7.80. The van der Waals surface area contributed by atoms with Gasteiger partial charge in [-0.25, -0.2) is 0 Å². The van der Waals surface area contributed by atoms with Crippen molar-refractivity contribution in [3.63, 3.8) is 0 Å². The molecule has 0 radical (unpaired) electrons. The van der Waals surface area contributed by atoms with Gasteiger partial charge in [0, 0.05) is 17.8 Å². The summed E-state index contributed by atoms with van der Waals surface area (Å²) in [6, 6.07) is 13.6. The third-order valence-corrected chi connectivity index (χ3v) is 5.56. The second-order valence-corrected chi connectivity index (χ2v) is 7.49. The maximum atomic E-state index is 12.3. The smallest absolute Gasteiger partial charge is 0.173 e. The first-order valence-electron chi connectivity index (χ1n) is 9.46. The number of carbonyl (C=O) groups excluding carboxylic acids is 1. The van der Waals surface area contributed by atoms with E-state index in [4.69, 9.17) is 17.0 Å². The summed E-state index contributed by atoms with van der Waals surface area (Å²) < 4.78 is 5.97. The Balaban J connectivity index is 1.87. The van der Waals surface area contributed by atoms with Crippen LogP contribution in [0.4, 0.5) is 0 Å². The summed E-state index contributed by atoms with van der Waals surface area (Å²) in [5.41, 5.74) is 5.08. The van der Waals surface area contributed by atoms with Gasteiger partial charge in [-0.05, 0) is 87.8 Å². The predicted molar refractivity (Wildman–Crippen MR) is 117 cm³/mol. The highest BCUT2D eigenvalue weighted by Crippen LogP contribution is 2.32. The quantitative estimate of drug-likeness (QED) is 0.705. The predicted octanol–water partition coefficient (Wildman–Crippen LogP) is 5.21. The fourth-order valence-corrected chi connectivity index (χ4v) is 3.89. The van der Waals surface area contributed by atoms with Gasteiger partial charge in [-0.15, -0.1) is 0 Å². The third kappa shape index (κ3) is 3.94. The second kappa shape index (κ2) is 8.15. The van der Waals surface area contributed by atoms with Gasteiger partial charge in [0.15, 0.2) is 10.9 Å². The standard InChI is InChI=1S/C23H26N2O2S/c1-6-25-16(4)21(17(5)26)22(24-23(25)28)18-8-11-19(12-9-18)27-20-10-7-14(2)15(3)13-20/h7-13,22H,6H2,1-5H3,(H,24,28). The Kier molecular flexibility index (Phi) is 5.84. The molecule has 3 rings (SSSR count). The number of nitrogens with zero attached hydrogens (tertiary/aromatic N) is 1. The van der Waals surface area contributed by atoms with Gasteiger partial charge >= 0.3 is 0 Å². The molecule has 1 N–H and O–H groups in total. The van der Waals surface area contributed by atoms with Gasteiger partial charge in [0.25, 0.3) is 0 Å². The molecule has 2 aromatic carbocycles. The summed E-state index contributed by atoms with van der Waals surface area (Å²) in [4.78, 5) is 14.3. The van der Waals surface area contributed by atoms with E-state index in [1.54, 1.807) is 6.92 Å². The molecule has 2 aromatic rings. The van der Waals surface area contributed by atoms with Crippen LogP contribution in [0, 0.1) is 13.8 Å².